The quantitative estimate of drug-likeness (QED) is 0.786. The van der Waals surface area contributed by atoms with E-state index < -0.39 is 0 Å². The van der Waals surface area contributed by atoms with Crippen LogP contribution in [0.25, 0.3) is 6.08 Å². The molecule has 0 atom stereocenters. The van der Waals surface area contributed by atoms with Crippen molar-refractivity contribution in [2.75, 3.05) is 13.1 Å². The van der Waals surface area contributed by atoms with E-state index in [9.17, 15) is 0 Å². The highest BCUT2D eigenvalue weighted by Crippen LogP contribution is 2.20. The summed E-state index contributed by atoms with van der Waals surface area (Å²) in [5, 5.41) is 5.55. The number of thiophene rings is 1. The summed E-state index contributed by atoms with van der Waals surface area (Å²) in [5.74, 6) is 0.790. The summed E-state index contributed by atoms with van der Waals surface area (Å²) < 4.78 is 0. The molecular weight excluding hydrogens is 190 g/mol. The molecule has 0 saturated carbocycles. The summed E-state index contributed by atoms with van der Waals surface area (Å²) in [7, 11) is 0. The van der Waals surface area contributed by atoms with Gasteiger partial charge in [0, 0.05) is 4.88 Å². The van der Waals surface area contributed by atoms with Crippen molar-refractivity contribution >= 4 is 17.4 Å². The summed E-state index contributed by atoms with van der Waals surface area (Å²) >= 11 is 1.84. The van der Waals surface area contributed by atoms with Gasteiger partial charge in [0.15, 0.2) is 0 Å². The molecule has 2 heterocycles. The fourth-order valence-corrected chi connectivity index (χ4v) is 2.65. The van der Waals surface area contributed by atoms with Crippen molar-refractivity contribution in [1.82, 2.24) is 5.32 Å². The molecule has 1 aromatic heterocycles. The molecule has 14 heavy (non-hydrogen) atoms. The monoisotopic (exact) mass is 207 g/mol. The molecule has 1 fully saturated rings. The molecule has 76 valence electrons. The number of allylic oxidation sites excluding steroid dienone is 1. The maximum Gasteiger partial charge on any atom is 0.0296 e. The van der Waals surface area contributed by atoms with Crippen molar-refractivity contribution in [2.45, 2.75) is 19.8 Å². The zero-order valence-electron chi connectivity index (χ0n) is 8.62. The van der Waals surface area contributed by atoms with Crippen LogP contribution in [0, 0.1) is 12.8 Å². The summed E-state index contributed by atoms with van der Waals surface area (Å²) in [6, 6.07) is 2.19. The Labute approximate surface area is 89.8 Å². The molecule has 0 radical (unpaired) electrons. The number of aryl methyl sites for hydroxylation is 1. The molecule has 2 heteroatoms. The Hall–Kier alpha value is -0.600. The lowest BCUT2D eigenvalue weighted by atomic mass is 9.97. The standard InChI is InChI=1S/C12H17NS/c1-10-6-9-14-12(10)3-2-11-4-7-13-8-5-11/h2-3,6,9,11,13H,4-5,7-8H2,1H3. The van der Waals surface area contributed by atoms with E-state index in [0.717, 1.165) is 5.92 Å². The first-order valence-electron chi connectivity index (χ1n) is 5.29. The predicted octanol–water partition coefficient (Wildman–Crippen LogP) is 3.07. The van der Waals surface area contributed by atoms with E-state index in [0.29, 0.717) is 0 Å². The predicted molar refractivity (Wildman–Crippen MR) is 63.7 cm³/mol. The van der Waals surface area contributed by atoms with Crippen molar-refractivity contribution in [3.8, 4) is 0 Å². The summed E-state index contributed by atoms with van der Waals surface area (Å²) in [4.78, 5) is 1.42. The fourth-order valence-electron chi connectivity index (χ4n) is 1.82. The van der Waals surface area contributed by atoms with Gasteiger partial charge >= 0.3 is 0 Å². The summed E-state index contributed by atoms with van der Waals surface area (Å²) in [6.07, 6.45) is 7.28. The van der Waals surface area contributed by atoms with E-state index in [1.807, 2.05) is 11.3 Å². The van der Waals surface area contributed by atoms with Gasteiger partial charge in [-0.05, 0) is 61.9 Å². The van der Waals surface area contributed by atoms with Crippen LogP contribution in [-0.4, -0.2) is 13.1 Å². The van der Waals surface area contributed by atoms with Crippen LogP contribution in [-0.2, 0) is 0 Å². The first-order chi connectivity index (χ1) is 6.86. The third-order valence-electron chi connectivity index (χ3n) is 2.81. The first-order valence-corrected chi connectivity index (χ1v) is 6.17. The second-order valence-electron chi connectivity index (χ2n) is 3.91. The smallest absolute Gasteiger partial charge is 0.0296 e. The third kappa shape index (κ3) is 2.46. The molecule has 0 amide bonds. The van der Waals surface area contributed by atoms with Gasteiger partial charge in [0.2, 0.25) is 0 Å². The number of hydrogen-bond acceptors (Lipinski definition) is 2. The molecule has 0 bridgehead atoms. The highest BCUT2D eigenvalue weighted by atomic mass is 32.1. The Morgan fingerprint density at radius 1 is 1.43 bits per heavy atom. The van der Waals surface area contributed by atoms with Gasteiger partial charge in [-0.2, -0.15) is 0 Å². The van der Waals surface area contributed by atoms with Crippen molar-refractivity contribution in [1.29, 1.82) is 0 Å². The molecule has 1 aromatic rings. The highest BCUT2D eigenvalue weighted by Gasteiger charge is 2.09. The molecule has 1 N–H and O–H groups in total. The van der Waals surface area contributed by atoms with E-state index in [1.165, 1.54) is 36.4 Å². The number of piperidine rings is 1. The van der Waals surface area contributed by atoms with Crippen LogP contribution in [0.4, 0.5) is 0 Å². The maximum atomic E-state index is 3.39. The number of hydrogen-bond donors (Lipinski definition) is 1. The minimum atomic E-state index is 0.790. The van der Waals surface area contributed by atoms with Gasteiger partial charge in [0.1, 0.15) is 0 Å². The van der Waals surface area contributed by atoms with Crippen molar-refractivity contribution < 1.29 is 0 Å². The summed E-state index contributed by atoms with van der Waals surface area (Å²) in [6.45, 7) is 4.54. The molecule has 2 rings (SSSR count). The Morgan fingerprint density at radius 3 is 2.86 bits per heavy atom. The lowest BCUT2D eigenvalue weighted by Gasteiger charge is -2.19. The zero-order chi connectivity index (χ0) is 9.80. The zero-order valence-corrected chi connectivity index (χ0v) is 9.44. The molecule has 0 aromatic carbocycles. The molecule has 1 saturated heterocycles. The van der Waals surface area contributed by atoms with Crippen LogP contribution in [0.3, 0.4) is 0 Å². The average molecular weight is 207 g/mol. The highest BCUT2D eigenvalue weighted by molar-refractivity contribution is 7.11. The maximum absolute atomic E-state index is 3.39. The van der Waals surface area contributed by atoms with E-state index in [1.54, 1.807) is 0 Å². The van der Waals surface area contributed by atoms with Gasteiger partial charge < -0.3 is 5.32 Å². The van der Waals surface area contributed by atoms with Gasteiger partial charge in [-0.15, -0.1) is 11.3 Å². The van der Waals surface area contributed by atoms with E-state index in [2.05, 4.69) is 35.8 Å². The normalized spacial score (nSPS) is 19.2. The Bertz CT molecular complexity index is 308. The minimum Gasteiger partial charge on any atom is -0.317 e. The van der Waals surface area contributed by atoms with Crippen LogP contribution in [0.2, 0.25) is 0 Å². The minimum absolute atomic E-state index is 0.790. The number of nitrogens with one attached hydrogen (secondary N) is 1. The SMILES string of the molecule is Cc1ccsc1C=CC1CCNCC1. The van der Waals surface area contributed by atoms with Gasteiger partial charge in [-0.25, -0.2) is 0 Å². The molecule has 1 nitrogen and oxygen atoms in total. The third-order valence-corrected chi connectivity index (χ3v) is 3.79. The average Bonchev–Trinajstić information content (AvgIpc) is 2.63. The Balaban J connectivity index is 1.95. The summed E-state index contributed by atoms with van der Waals surface area (Å²) in [5.41, 5.74) is 1.40. The van der Waals surface area contributed by atoms with Gasteiger partial charge in [0.25, 0.3) is 0 Å². The molecule has 1 aliphatic rings. The largest absolute Gasteiger partial charge is 0.317 e. The molecular formula is C12H17NS. The van der Waals surface area contributed by atoms with Crippen LogP contribution < -0.4 is 5.32 Å². The van der Waals surface area contributed by atoms with E-state index in [-0.39, 0.29) is 0 Å². The van der Waals surface area contributed by atoms with Crippen molar-refractivity contribution in [3.05, 3.63) is 28.0 Å². The van der Waals surface area contributed by atoms with Crippen molar-refractivity contribution in [3.63, 3.8) is 0 Å². The van der Waals surface area contributed by atoms with E-state index >= 15 is 0 Å². The second kappa shape index (κ2) is 4.76. The van der Waals surface area contributed by atoms with Gasteiger partial charge in [0.05, 0.1) is 0 Å². The van der Waals surface area contributed by atoms with Gasteiger partial charge in [-0.1, -0.05) is 6.08 Å². The molecule has 1 aliphatic heterocycles. The van der Waals surface area contributed by atoms with Crippen LogP contribution >= 0.6 is 11.3 Å². The van der Waals surface area contributed by atoms with Crippen LogP contribution in [0.5, 0.6) is 0 Å². The van der Waals surface area contributed by atoms with Crippen molar-refractivity contribution in [2.24, 2.45) is 5.92 Å². The lowest BCUT2D eigenvalue weighted by Crippen LogP contribution is -2.26. The molecule has 0 unspecified atom stereocenters. The Kier molecular flexibility index (Phi) is 3.38. The van der Waals surface area contributed by atoms with Crippen LogP contribution in [0.1, 0.15) is 23.3 Å². The number of rotatable bonds is 2. The fraction of sp³-hybridized carbons (Fsp3) is 0.500. The molecule has 0 aliphatic carbocycles. The topological polar surface area (TPSA) is 12.0 Å². The first kappa shape index (κ1) is 9.94. The Morgan fingerprint density at radius 2 is 2.21 bits per heavy atom. The lowest BCUT2D eigenvalue weighted by molar-refractivity contribution is 0.438. The second-order valence-corrected chi connectivity index (χ2v) is 4.86. The van der Waals surface area contributed by atoms with Gasteiger partial charge in [-0.3, -0.25) is 0 Å². The molecule has 0 spiro atoms. The van der Waals surface area contributed by atoms with Crippen LogP contribution in [0.15, 0.2) is 17.5 Å². The van der Waals surface area contributed by atoms with E-state index in [4.69, 9.17) is 0 Å².